The highest BCUT2D eigenvalue weighted by molar-refractivity contribution is 6.30. The van der Waals surface area contributed by atoms with Crippen LogP contribution >= 0.6 is 11.6 Å². The molecule has 1 N–H and O–H groups in total. The van der Waals surface area contributed by atoms with Gasteiger partial charge >= 0.3 is 0 Å². The number of hydrogen-bond acceptors (Lipinski definition) is 1. The van der Waals surface area contributed by atoms with Gasteiger partial charge < -0.3 is 5.32 Å². The summed E-state index contributed by atoms with van der Waals surface area (Å²) in [5, 5.41) is 4.23. The monoisotopic (exact) mass is 287 g/mol. The van der Waals surface area contributed by atoms with E-state index in [1.807, 2.05) is 19.2 Å². The van der Waals surface area contributed by atoms with Gasteiger partial charge in [-0.2, -0.15) is 0 Å². The fraction of sp³-hybridized carbons (Fsp3) is 0.333. The Morgan fingerprint density at radius 1 is 1.05 bits per heavy atom. The molecular weight excluding hydrogens is 266 g/mol. The third kappa shape index (κ3) is 4.66. The van der Waals surface area contributed by atoms with Crippen LogP contribution in [0.3, 0.4) is 0 Å². The van der Waals surface area contributed by atoms with Gasteiger partial charge in [0.25, 0.3) is 0 Å². The summed E-state index contributed by atoms with van der Waals surface area (Å²) in [6, 6.07) is 17.4. The Kier molecular flexibility index (Phi) is 5.63. The lowest BCUT2D eigenvalue weighted by Crippen LogP contribution is -2.28. The Morgan fingerprint density at radius 3 is 2.50 bits per heavy atom. The molecule has 0 spiro atoms. The molecule has 0 aliphatic carbocycles. The maximum absolute atomic E-state index is 6.04. The maximum Gasteiger partial charge on any atom is 0.0408 e. The van der Waals surface area contributed by atoms with E-state index in [4.69, 9.17) is 11.6 Å². The van der Waals surface area contributed by atoms with E-state index in [1.54, 1.807) is 0 Å². The number of hydrogen-bond donors (Lipinski definition) is 1. The van der Waals surface area contributed by atoms with Crippen molar-refractivity contribution in [3.8, 4) is 0 Å². The molecule has 0 saturated carbocycles. The summed E-state index contributed by atoms with van der Waals surface area (Å²) in [5.41, 5.74) is 4.04. The second-order valence-electron chi connectivity index (χ2n) is 5.35. The summed E-state index contributed by atoms with van der Waals surface area (Å²) in [6.07, 6.45) is 3.25. The van der Waals surface area contributed by atoms with E-state index in [9.17, 15) is 0 Å². The minimum Gasteiger partial charge on any atom is -0.317 e. The molecule has 2 rings (SSSR count). The molecule has 1 unspecified atom stereocenters. The van der Waals surface area contributed by atoms with Crippen LogP contribution in [0.5, 0.6) is 0 Å². The van der Waals surface area contributed by atoms with Gasteiger partial charge in [-0.1, -0.05) is 53.6 Å². The summed E-state index contributed by atoms with van der Waals surface area (Å²) >= 11 is 6.04. The maximum atomic E-state index is 6.04. The zero-order chi connectivity index (χ0) is 14.4. The molecule has 0 radical (unpaired) electrons. The van der Waals surface area contributed by atoms with Crippen LogP contribution < -0.4 is 5.32 Å². The highest BCUT2D eigenvalue weighted by atomic mass is 35.5. The average Bonchev–Trinajstić information content (AvgIpc) is 2.43. The van der Waals surface area contributed by atoms with E-state index in [-0.39, 0.29) is 0 Å². The smallest absolute Gasteiger partial charge is 0.0408 e. The Hall–Kier alpha value is -1.31. The van der Waals surface area contributed by atoms with Gasteiger partial charge in [0, 0.05) is 11.1 Å². The number of rotatable bonds is 6. The Labute approximate surface area is 127 Å². The second kappa shape index (κ2) is 7.47. The Balaban J connectivity index is 1.92. The van der Waals surface area contributed by atoms with Crippen molar-refractivity contribution in [3.05, 3.63) is 70.2 Å². The normalized spacial score (nSPS) is 12.3. The first kappa shape index (κ1) is 15.1. The summed E-state index contributed by atoms with van der Waals surface area (Å²) < 4.78 is 0. The molecule has 0 saturated heterocycles. The number of nitrogens with one attached hydrogen (secondary N) is 1. The van der Waals surface area contributed by atoms with Crippen molar-refractivity contribution in [2.45, 2.75) is 32.2 Å². The van der Waals surface area contributed by atoms with Crippen molar-refractivity contribution in [1.29, 1.82) is 0 Å². The van der Waals surface area contributed by atoms with Gasteiger partial charge in [0.2, 0.25) is 0 Å². The van der Waals surface area contributed by atoms with E-state index in [0.717, 1.165) is 24.3 Å². The standard InChI is InChI=1S/C18H22ClN/c1-14-5-3-6-15(11-14)9-10-18(20-2)13-16-7-4-8-17(19)12-16/h3-8,11-12,18,20H,9-10,13H2,1-2H3. The highest BCUT2D eigenvalue weighted by Gasteiger charge is 2.08. The predicted molar refractivity (Wildman–Crippen MR) is 87.5 cm³/mol. The Morgan fingerprint density at radius 2 is 1.80 bits per heavy atom. The summed E-state index contributed by atoms with van der Waals surface area (Å²) in [5.74, 6) is 0. The van der Waals surface area contributed by atoms with E-state index < -0.39 is 0 Å². The molecule has 1 atom stereocenters. The first-order chi connectivity index (χ1) is 9.67. The molecule has 2 aromatic carbocycles. The number of halogens is 1. The largest absolute Gasteiger partial charge is 0.317 e. The van der Waals surface area contributed by atoms with Crippen LogP contribution in [-0.4, -0.2) is 13.1 Å². The first-order valence-corrected chi connectivity index (χ1v) is 7.52. The second-order valence-corrected chi connectivity index (χ2v) is 5.78. The van der Waals surface area contributed by atoms with Crippen LogP contribution in [0.2, 0.25) is 5.02 Å². The first-order valence-electron chi connectivity index (χ1n) is 7.14. The van der Waals surface area contributed by atoms with Crippen LogP contribution in [0.4, 0.5) is 0 Å². The summed E-state index contributed by atoms with van der Waals surface area (Å²) in [4.78, 5) is 0. The highest BCUT2D eigenvalue weighted by Crippen LogP contribution is 2.15. The van der Waals surface area contributed by atoms with E-state index in [1.165, 1.54) is 16.7 Å². The van der Waals surface area contributed by atoms with Crippen molar-refractivity contribution >= 4 is 11.6 Å². The van der Waals surface area contributed by atoms with Crippen LogP contribution in [0.1, 0.15) is 23.1 Å². The van der Waals surface area contributed by atoms with Crippen LogP contribution in [0.15, 0.2) is 48.5 Å². The van der Waals surface area contributed by atoms with Gasteiger partial charge in [-0.3, -0.25) is 0 Å². The molecule has 0 heterocycles. The molecule has 0 aliphatic rings. The fourth-order valence-corrected chi connectivity index (χ4v) is 2.72. The van der Waals surface area contributed by atoms with Gasteiger partial charge in [-0.15, -0.1) is 0 Å². The van der Waals surface area contributed by atoms with Gasteiger partial charge in [-0.05, 0) is 56.5 Å². The quantitative estimate of drug-likeness (QED) is 0.830. The summed E-state index contributed by atoms with van der Waals surface area (Å²) in [6.45, 7) is 2.14. The fourth-order valence-electron chi connectivity index (χ4n) is 2.51. The predicted octanol–water partition coefficient (Wildman–Crippen LogP) is 4.41. The van der Waals surface area contributed by atoms with E-state index in [0.29, 0.717) is 6.04 Å². The van der Waals surface area contributed by atoms with Crippen LogP contribution in [0.25, 0.3) is 0 Å². The van der Waals surface area contributed by atoms with E-state index in [2.05, 4.69) is 48.6 Å². The lowest BCUT2D eigenvalue weighted by Gasteiger charge is -2.16. The Bertz CT molecular complexity index is 551. The zero-order valence-electron chi connectivity index (χ0n) is 12.2. The minimum absolute atomic E-state index is 0.481. The van der Waals surface area contributed by atoms with Gasteiger partial charge in [0.15, 0.2) is 0 Å². The third-order valence-electron chi connectivity index (χ3n) is 3.64. The molecule has 106 valence electrons. The number of benzene rings is 2. The minimum atomic E-state index is 0.481. The lowest BCUT2D eigenvalue weighted by molar-refractivity contribution is 0.520. The zero-order valence-corrected chi connectivity index (χ0v) is 13.0. The van der Waals surface area contributed by atoms with Crippen LogP contribution in [0, 0.1) is 6.92 Å². The molecular formula is C18H22ClN. The van der Waals surface area contributed by atoms with Gasteiger partial charge in [-0.25, -0.2) is 0 Å². The van der Waals surface area contributed by atoms with Crippen molar-refractivity contribution in [3.63, 3.8) is 0 Å². The van der Waals surface area contributed by atoms with Gasteiger partial charge in [0.1, 0.15) is 0 Å². The molecule has 0 bridgehead atoms. The molecule has 2 aromatic rings. The molecule has 0 aliphatic heterocycles. The topological polar surface area (TPSA) is 12.0 Å². The van der Waals surface area contributed by atoms with Crippen molar-refractivity contribution < 1.29 is 0 Å². The lowest BCUT2D eigenvalue weighted by atomic mass is 9.98. The SMILES string of the molecule is CNC(CCc1cccc(C)c1)Cc1cccc(Cl)c1. The molecule has 0 fully saturated rings. The van der Waals surface area contributed by atoms with Crippen LogP contribution in [-0.2, 0) is 12.8 Å². The van der Waals surface area contributed by atoms with Crippen molar-refractivity contribution in [2.24, 2.45) is 0 Å². The molecule has 0 aromatic heterocycles. The molecule has 0 amide bonds. The average molecular weight is 288 g/mol. The van der Waals surface area contributed by atoms with Gasteiger partial charge in [0.05, 0.1) is 0 Å². The summed E-state index contributed by atoms with van der Waals surface area (Å²) in [7, 11) is 2.03. The van der Waals surface area contributed by atoms with E-state index >= 15 is 0 Å². The molecule has 20 heavy (non-hydrogen) atoms. The number of aryl methyl sites for hydroxylation is 2. The van der Waals surface area contributed by atoms with Crippen molar-refractivity contribution in [1.82, 2.24) is 5.32 Å². The molecule has 2 heteroatoms. The van der Waals surface area contributed by atoms with Crippen molar-refractivity contribution in [2.75, 3.05) is 7.05 Å². The number of likely N-dealkylation sites (N-methyl/N-ethyl adjacent to an activating group) is 1. The third-order valence-corrected chi connectivity index (χ3v) is 3.88. The molecule has 1 nitrogen and oxygen atoms in total.